The van der Waals surface area contributed by atoms with Crippen LogP contribution in [-0.4, -0.2) is 5.78 Å². The first-order valence-electron chi connectivity index (χ1n) is 4.95. The largest absolute Gasteiger partial charge is 0.299 e. The number of carbonyl (C=O) groups is 1. The minimum atomic E-state index is 0.253. The Hall–Kier alpha value is -0.330. The molecule has 0 N–H and O–H groups in total. The lowest BCUT2D eigenvalue weighted by molar-refractivity contribution is -0.126. The Kier molecular flexibility index (Phi) is 1.34. The molecule has 1 nitrogen and oxygen atoms in total. The summed E-state index contributed by atoms with van der Waals surface area (Å²) >= 11 is 0. The summed E-state index contributed by atoms with van der Waals surface area (Å²) in [7, 11) is 0. The van der Waals surface area contributed by atoms with Crippen LogP contribution in [0.15, 0.2) is 0 Å². The third-order valence-electron chi connectivity index (χ3n) is 5.02. The van der Waals surface area contributed by atoms with Crippen LogP contribution in [0.25, 0.3) is 0 Å². The average Bonchev–Trinajstić information content (AvgIpc) is 2.26. The SMILES string of the molecule is CC1C(=O)C2CCC1(C)C2(C)C. The van der Waals surface area contributed by atoms with Crippen LogP contribution >= 0.6 is 0 Å². The molecule has 2 fully saturated rings. The van der Waals surface area contributed by atoms with E-state index in [1.807, 2.05) is 0 Å². The van der Waals surface area contributed by atoms with Crippen molar-refractivity contribution in [2.24, 2.45) is 22.7 Å². The molecular formula is C11H18O. The maximum Gasteiger partial charge on any atom is 0.139 e. The van der Waals surface area contributed by atoms with Crippen molar-refractivity contribution in [1.29, 1.82) is 0 Å². The fraction of sp³-hybridized carbons (Fsp3) is 0.909. The van der Waals surface area contributed by atoms with E-state index in [2.05, 4.69) is 27.7 Å². The van der Waals surface area contributed by atoms with Crippen molar-refractivity contribution in [1.82, 2.24) is 0 Å². The highest BCUT2D eigenvalue weighted by Crippen LogP contribution is 2.66. The van der Waals surface area contributed by atoms with Gasteiger partial charge in [-0.1, -0.05) is 27.7 Å². The molecule has 0 aromatic rings. The zero-order chi connectivity index (χ0) is 9.15. The number of hydrogen-bond donors (Lipinski definition) is 0. The van der Waals surface area contributed by atoms with Crippen molar-refractivity contribution in [3.05, 3.63) is 0 Å². The topological polar surface area (TPSA) is 17.1 Å². The number of fused-ring (bicyclic) bond motifs is 2. The van der Waals surface area contributed by atoms with E-state index >= 15 is 0 Å². The molecule has 3 unspecified atom stereocenters. The molecule has 0 radical (unpaired) electrons. The van der Waals surface area contributed by atoms with Gasteiger partial charge in [0.2, 0.25) is 0 Å². The molecule has 2 rings (SSSR count). The predicted molar refractivity (Wildman–Crippen MR) is 48.8 cm³/mol. The number of Topliss-reactive ketones (excluding diaryl/α,β-unsaturated/α-hetero) is 1. The van der Waals surface area contributed by atoms with Gasteiger partial charge in [-0.05, 0) is 23.7 Å². The average molecular weight is 166 g/mol. The predicted octanol–water partition coefficient (Wildman–Crippen LogP) is 2.65. The van der Waals surface area contributed by atoms with Gasteiger partial charge in [-0.15, -0.1) is 0 Å². The summed E-state index contributed by atoms with van der Waals surface area (Å²) in [5.41, 5.74) is 0.540. The number of hydrogen-bond acceptors (Lipinski definition) is 1. The smallest absolute Gasteiger partial charge is 0.139 e. The standard InChI is InChI=1S/C11H18O/c1-7-9(12)8-5-6-11(7,4)10(8,2)3/h7-8H,5-6H2,1-4H3. The van der Waals surface area contributed by atoms with Crippen LogP contribution in [0.2, 0.25) is 0 Å². The third kappa shape index (κ3) is 0.605. The lowest BCUT2D eigenvalue weighted by atomic mass is 9.67. The quantitative estimate of drug-likeness (QED) is 0.540. The Morgan fingerprint density at radius 3 is 2.17 bits per heavy atom. The first kappa shape index (κ1) is 8.28. The monoisotopic (exact) mass is 166 g/mol. The minimum absolute atomic E-state index is 0.253. The molecule has 12 heavy (non-hydrogen) atoms. The maximum atomic E-state index is 11.8. The molecule has 2 aliphatic rings. The van der Waals surface area contributed by atoms with E-state index in [-0.39, 0.29) is 10.8 Å². The highest BCUT2D eigenvalue weighted by Gasteiger charge is 2.64. The Balaban J connectivity index is 2.50. The summed E-state index contributed by atoms with van der Waals surface area (Å²) in [6.07, 6.45) is 2.38. The summed E-state index contributed by atoms with van der Waals surface area (Å²) in [5, 5.41) is 0. The highest BCUT2D eigenvalue weighted by atomic mass is 16.1. The Morgan fingerprint density at radius 1 is 1.33 bits per heavy atom. The van der Waals surface area contributed by atoms with Gasteiger partial charge in [-0.25, -0.2) is 0 Å². The van der Waals surface area contributed by atoms with E-state index in [9.17, 15) is 4.79 Å². The lowest BCUT2D eigenvalue weighted by Gasteiger charge is -2.36. The number of ketones is 1. The van der Waals surface area contributed by atoms with Gasteiger partial charge in [0, 0.05) is 11.8 Å². The van der Waals surface area contributed by atoms with Gasteiger partial charge in [0.1, 0.15) is 5.78 Å². The molecule has 0 aromatic carbocycles. The van der Waals surface area contributed by atoms with Crippen molar-refractivity contribution >= 4 is 5.78 Å². The molecule has 2 saturated carbocycles. The number of carbonyl (C=O) groups excluding carboxylic acids is 1. The van der Waals surface area contributed by atoms with Gasteiger partial charge < -0.3 is 0 Å². The number of rotatable bonds is 0. The van der Waals surface area contributed by atoms with Gasteiger partial charge in [0.05, 0.1) is 0 Å². The molecule has 2 bridgehead atoms. The fourth-order valence-corrected chi connectivity index (χ4v) is 3.41. The first-order valence-corrected chi connectivity index (χ1v) is 4.95. The molecule has 68 valence electrons. The second kappa shape index (κ2) is 1.94. The Morgan fingerprint density at radius 2 is 1.92 bits per heavy atom. The summed E-state index contributed by atoms with van der Waals surface area (Å²) < 4.78 is 0. The van der Waals surface area contributed by atoms with Gasteiger partial charge >= 0.3 is 0 Å². The fourth-order valence-electron chi connectivity index (χ4n) is 3.41. The van der Waals surface area contributed by atoms with E-state index in [4.69, 9.17) is 0 Å². The Labute approximate surface area is 74.5 Å². The van der Waals surface area contributed by atoms with Gasteiger partial charge in [-0.3, -0.25) is 4.79 Å². The van der Waals surface area contributed by atoms with Crippen molar-refractivity contribution < 1.29 is 4.79 Å². The van der Waals surface area contributed by atoms with Gasteiger partial charge in [0.25, 0.3) is 0 Å². The van der Waals surface area contributed by atoms with Crippen molar-refractivity contribution in [3.8, 4) is 0 Å². The van der Waals surface area contributed by atoms with E-state index < -0.39 is 0 Å². The zero-order valence-electron chi connectivity index (χ0n) is 8.48. The van der Waals surface area contributed by atoms with Crippen LogP contribution in [0.4, 0.5) is 0 Å². The highest BCUT2D eigenvalue weighted by molar-refractivity contribution is 5.88. The van der Waals surface area contributed by atoms with Gasteiger partial charge in [0.15, 0.2) is 0 Å². The molecule has 0 spiro atoms. The molecule has 0 saturated heterocycles. The van der Waals surface area contributed by atoms with Crippen molar-refractivity contribution in [2.75, 3.05) is 0 Å². The third-order valence-corrected chi connectivity index (χ3v) is 5.02. The molecular weight excluding hydrogens is 148 g/mol. The van der Waals surface area contributed by atoms with Crippen LogP contribution < -0.4 is 0 Å². The molecule has 1 heteroatoms. The van der Waals surface area contributed by atoms with Crippen LogP contribution in [0.3, 0.4) is 0 Å². The minimum Gasteiger partial charge on any atom is -0.299 e. The van der Waals surface area contributed by atoms with Gasteiger partial charge in [-0.2, -0.15) is 0 Å². The molecule has 3 atom stereocenters. The summed E-state index contributed by atoms with van der Waals surface area (Å²) in [6, 6.07) is 0. The lowest BCUT2D eigenvalue weighted by Crippen LogP contribution is -2.31. The molecule has 0 heterocycles. The van der Waals surface area contributed by atoms with Crippen molar-refractivity contribution in [3.63, 3.8) is 0 Å². The molecule has 0 aliphatic heterocycles. The summed E-state index contributed by atoms with van der Waals surface area (Å²) in [5.74, 6) is 1.18. The van der Waals surface area contributed by atoms with E-state index in [1.165, 1.54) is 6.42 Å². The zero-order valence-corrected chi connectivity index (χ0v) is 8.48. The van der Waals surface area contributed by atoms with E-state index in [0.29, 0.717) is 17.6 Å². The first-order chi connectivity index (χ1) is 5.41. The molecule has 2 aliphatic carbocycles. The van der Waals surface area contributed by atoms with Crippen LogP contribution in [0.1, 0.15) is 40.5 Å². The molecule has 0 aromatic heterocycles. The normalized spacial score (nSPS) is 50.2. The van der Waals surface area contributed by atoms with Crippen LogP contribution in [0, 0.1) is 22.7 Å². The second-order valence-electron chi connectivity index (χ2n) is 5.35. The Bertz CT molecular complexity index is 241. The summed E-state index contributed by atoms with van der Waals surface area (Å²) in [6.45, 7) is 8.95. The summed E-state index contributed by atoms with van der Waals surface area (Å²) in [4.78, 5) is 11.8. The van der Waals surface area contributed by atoms with Crippen LogP contribution in [0.5, 0.6) is 0 Å². The van der Waals surface area contributed by atoms with Crippen LogP contribution in [-0.2, 0) is 4.79 Å². The maximum absolute atomic E-state index is 11.8. The second-order valence-corrected chi connectivity index (χ2v) is 5.35. The van der Waals surface area contributed by atoms with E-state index in [0.717, 1.165) is 6.42 Å². The molecule has 0 amide bonds. The van der Waals surface area contributed by atoms with E-state index in [1.54, 1.807) is 0 Å². The van der Waals surface area contributed by atoms with Crippen molar-refractivity contribution in [2.45, 2.75) is 40.5 Å².